The van der Waals surface area contributed by atoms with Gasteiger partial charge < -0.3 is 15.5 Å². The van der Waals surface area contributed by atoms with Crippen LogP contribution in [0.3, 0.4) is 0 Å². The zero-order chi connectivity index (χ0) is 14.5. The van der Waals surface area contributed by atoms with E-state index in [0.717, 1.165) is 12.2 Å². The summed E-state index contributed by atoms with van der Waals surface area (Å²) in [7, 11) is 0. The van der Waals surface area contributed by atoms with Crippen LogP contribution in [0.1, 0.15) is 6.92 Å². The first-order valence-corrected chi connectivity index (χ1v) is 6.63. The van der Waals surface area contributed by atoms with Gasteiger partial charge in [-0.25, -0.2) is 0 Å². The van der Waals surface area contributed by atoms with Crippen molar-refractivity contribution >= 4 is 17.3 Å². The van der Waals surface area contributed by atoms with E-state index in [4.69, 9.17) is 0 Å². The van der Waals surface area contributed by atoms with Gasteiger partial charge in [-0.3, -0.25) is 14.9 Å². The number of carbonyl (C=O) groups is 1. The second-order valence-corrected chi connectivity index (χ2v) is 4.58. The number of amides is 1. The zero-order valence-corrected chi connectivity index (χ0v) is 11.3. The summed E-state index contributed by atoms with van der Waals surface area (Å²) in [6.45, 7) is 4.52. The fourth-order valence-electron chi connectivity index (χ4n) is 2.31. The molecule has 0 spiro atoms. The molecule has 0 bridgehead atoms. The van der Waals surface area contributed by atoms with Gasteiger partial charge in [0.1, 0.15) is 6.04 Å². The summed E-state index contributed by atoms with van der Waals surface area (Å²) >= 11 is 0. The molecule has 1 fully saturated rings. The maximum atomic E-state index is 12.1. The number of piperazine rings is 1. The van der Waals surface area contributed by atoms with E-state index in [-0.39, 0.29) is 17.6 Å². The monoisotopic (exact) mass is 278 g/mol. The molecule has 20 heavy (non-hydrogen) atoms. The van der Waals surface area contributed by atoms with Gasteiger partial charge in [-0.15, -0.1) is 0 Å². The maximum absolute atomic E-state index is 12.1. The largest absolute Gasteiger partial charge is 0.357 e. The van der Waals surface area contributed by atoms with Gasteiger partial charge in [-0.2, -0.15) is 0 Å². The molecule has 1 aliphatic heterocycles. The number of hydrogen-bond acceptors (Lipinski definition) is 5. The van der Waals surface area contributed by atoms with E-state index in [1.165, 1.54) is 12.1 Å². The number of nitro benzene ring substituents is 1. The molecule has 1 unspecified atom stereocenters. The van der Waals surface area contributed by atoms with E-state index in [1.54, 1.807) is 12.1 Å². The molecule has 1 aromatic carbocycles. The number of anilines is 1. The maximum Gasteiger partial charge on any atom is 0.269 e. The lowest BCUT2D eigenvalue weighted by atomic mass is 10.1. The molecule has 2 rings (SSSR count). The van der Waals surface area contributed by atoms with Crippen molar-refractivity contribution in [1.29, 1.82) is 0 Å². The van der Waals surface area contributed by atoms with Crippen molar-refractivity contribution in [2.75, 3.05) is 31.1 Å². The van der Waals surface area contributed by atoms with Gasteiger partial charge in [-0.1, -0.05) is 0 Å². The summed E-state index contributed by atoms with van der Waals surface area (Å²) < 4.78 is 0. The van der Waals surface area contributed by atoms with Gasteiger partial charge in [0.25, 0.3) is 5.69 Å². The van der Waals surface area contributed by atoms with Crippen LogP contribution in [0, 0.1) is 10.1 Å². The molecule has 2 N–H and O–H groups in total. The van der Waals surface area contributed by atoms with Crippen LogP contribution in [-0.4, -0.2) is 43.1 Å². The highest BCUT2D eigenvalue weighted by atomic mass is 16.6. The molecular weight excluding hydrogens is 260 g/mol. The van der Waals surface area contributed by atoms with Gasteiger partial charge >= 0.3 is 0 Å². The first kappa shape index (κ1) is 14.3. The van der Waals surface area contributed by atoms with Crippen LogP contribution >= 0.6 is 0 Å². The van der Waals surface area contributed by atoms with E-state index in [1.807, 2.05) is 11.8 Å². The Morgan fingerprint density at radius 2 is 2.20 bits per heavy atom. The van der Waals surface area contributed by atoms with Crippen molar-refractivity contribution in [3.8, 4) is 0 Å². The second-order valence-electron chi connectivity index (χ2n) is 4.58. The van der Waals surface area contributed by atoms with E-state index < -0.39 is 4.92 Å². The van der Waals surface area contributed by atoms with Gasteiger partial charge in [0.15, 0.2) is 0 Å². The molecule has 0 saturated carbocycles. The quantitative estimate of drug-likeness (QED) is 0.619. The van der Waals surface area contributed by atoms with Crippen LogP contribution in [0.2, 0.25) is 0 Å². The minimum Gasteiger partial charge on any atom is -0.357 e. The lowest BCUT2D eigenvalue weighted by molar-refractivity contribution is -0.384. The Balaban J connectivity index is 2.18. The van der Waals surface area contributed by atoms with Crippen LogP contribution < -0.4 is 15.5 Å². The molecule has 108 valence electrons. The van der Waals surface area contributed by atoms with E-state index in [0.29, 0.717) is 19.6 Å². The molecule has 1 aliphatic rings. The Morgan fingerprint density at radius 1 is 1.50 bits per heavy atom. The van der Waals surface area contributed by atoms with Crippen LogP contribution in [0.25, 0.3) is 0 Å². The van der Waals surface area contributed by atoms with Gasteiger partial charge in [0.2, 0.25) is 5.91 Å². The van der Waals surface area contributed by atoms with Crippen molar-refractivity contribution < 1.29 is 9.72 Å². The third-order valence-corrected chi connectivity index (χ3v) is 3.29. The average Bonchev–Trinajstić information content (AvgIpc) is 2.47. The normalized spacial score (nSPS) is 18.6. The lowest BCUT2D eigenvalue weighted by Crippen LogP contribution is -2.58. The topological polar surface area (TPSA) is 87.5 Å². The van der Waals surface area contributed by atoms with Crippen molar-refractivity contribution in [1.82, 2.24) is 10.6 Å². The minimum atomic E-state index is -0.428. The third kappa shape index (κ3) is 3.05. The Kier molecular flexibility index (Phi) is 4.52. The highest BCUT2D eigenvalue weighted by Gasteiger charge is 2.28. The number of nitro groups is 1. The molecule has 7 heteroatoms. The molecule has 7 nitrogen and oxygen atoms in total. The van der Waals surface area contributed by atoms with Crippen LogP contribution in [0.15, 0.2) is 24.3 Å². The highest BCUT2D eigenvalue weighted by molar-refractivity contribution is 5.85. The van der Waals surface area contributed by atoms with Gasteiger partial charge in [0.05, 0.1) is 4.92 Å². The van der Waals surface area contributed by atoms with Gasteiger partial charge in [0, 0.05) is 44.0 Å². The number of benzene rings is 1. The smallest absolute Gasteiger partial charge is 0.269 e. The molecule has 1 heterocycles. The van der Waals surface area contributed by atoms with Crippen LogP contribution in [0.5, 0.6) is 0 Å². The Morgan fingerprint density at radius 3 is 2.80 bits per heavy atom. The molecule has 1 saturated heterocycles. The Bertz CT molecular complexity index is 489. The van der Waals surface area contributed by atoms with Crippen LogP contribution in [0.4, 0.5) is 11.4 Å². The zero-order valence-electron chi connectivity index (χ0n) is 11.3. The van der Waals surface area contributed by atoms with Crippen molar-refractivity contribution in [3.05, 3.63) is 34.4 Å². The highest BCUT2D eigenvalue weighted by Crippen LogP contribution is 2.22. The number of hydrogen-bond donors (Lipinski definition) is 2. The molecule has 0 aliphatic carbocycles. The summed E-state index contributed by atoms with van der Waals surface area (Å²) in [5.41, 5.74) is 0.881. The summed E-state index contributed by atoms with van der Waals surface area (Å²) in [6.07, 6.45) is 0. The average molecular weight is 278 g/mol. The summed E-state index contributed by atoms with van der Waals surface area (Å²) in [4.78, 5) is 24.3. The second kappa shape index (κ2) is 6.33. The standard InChI is InChI=1S/C13H18N4O3/c1-2-15-13(18)12-9-14-7-8-16(12)10-3-5-11(6-4-10)17(19)20/h3-6,12,14H,2,7-9H2,1H3,(H,15,18). The van der Waals surface area contributed by atoms with E-state index in [9.17, 15) is 14.9 Å². The number of nitrogens with zero attached hydrogens (tertiary/aromatic N) is 2. The summed E-state index contributed by atoms with van der Waals surface area (Å²) in [6, 6.07) is 6.02. The number of likely N-dealkylation sites (N-methyl/N-ethyl adjacent to an activating group) is 1. The first-order chi connectivity index (χ1) is 9.63. The number of nitrogens with one attached hydrogen (secondary N) is 2. The van der Waals surface area contributed by atoms with Gasteiger partial charge in [-0.05, 0) is 19.1 Å². The van der Waals surface area contributed by atoms with E-state index in [2.05, 4.69) is 10.6 Å². The predicted molar refractivity (Wildman–Crippen MR) is 75.8 cm³/mol. The Hall–Kier alpha value is -2.15. The Labute approximate surface area is 117 Å². The van der Waals surface area contributed by atoms with Crippen LogP contribution in [-0.2, 0) is 4.79 Å². The molecule has 1 amide bonds. The molecular formula is C13H18N4O3. The minimum absolute atomic E-state index is 0.0296. The fourth-order valence-corrected chi connectivity index (χ4v) is 2.31. The predicted octanol–water partition coefficient (Wildman–Crippen LogP) is 0.509. The number of non-ortho nitro benzene ring substituents is 1. The lowest BCUT2D eigenvalue weighted by Gasteiger charge is -2.36. The molecule has 0 aromatic heterocycles. The molecule has 0 radical (unpaired) electrons. The third-order valence-electron chi connectivity index (χ3n) is 3.29. The SMILES string of the molecule is CCNC(=O)C1CNCCN1c1ccc([N+](=O)[O-])cc1. The summed E-state index contributed by atoms with van der Waals surface area (Å²) in [5, 5.41) is 16.7. The van der Waals surface area contributed by atoms with Crippen molar-refractivity contribution in [2.24, 2.45) is 0 Å². The summed E-state index contributed by atoms with van der Waals surface area (Å²) in [5.74, 6) is -0.0296. The molecule has 1 aromatic rings. The fraction of sp³-hybridized carbons (Fsp3) is 0.462. The number of carbonyl (C=O) groups excluding carboxylic acids is 1. The van der Waals surface area contributed by atoms with Crippen molar-refractivity contribution in [3.63, 3.8) is 0 Å². The van der Waals surface area contributed by atoms with E-state index >= 15 is 0 Å². The number of rotatable bonds is 4. The first-order valence-electron chi connectivity index (χ1n) is 6.63. The molecule has 1 atom stereocenters. The van der Waals surface area contributed by atoms with Crippen molar-refractivity contribution in [2.45, 2.75) is 13.0 Å².